The number of aromatic nitrogens is 10. The van der Waals surface area contributed by atoms with Crippen molar-refractivity contribution >= 4 is 102 Å². The monoisotopic (exact) mass is 1260 g/mol. The molecule has 0 radical (unpaired) electrons. The van der Waals surface area contributed by atoms with Crippen molar-refractivity contribution in [2.75, 3.05) is 22.9 Å². The summed E-state index contributed by atoms with van der Waals surface area (Å²) in [5.74, 6) is 0.194. The molecule has 0 aliphatic rings. The highest BCUT2D eigenvalue weighted by Crippen LogP contribution is 2.31. The molecule has 26 heteroatoms. The lowest BCUT2D eigenvalue weighted by molar-refractivity contribution is 0.424. The minimum absolute atomic E-state index is 0.273. The molecule has 0 saturated carbocycles. The normalized spacial score (nSPS) is 10.2. The number of rotatable bonds is 6. The first-order chi connectivity index (χ1) is 40.4. The van der Waals surface area contributed by atoms with Crippen molar-refractivity contribution in [2.45, 2.75) is 0 Å². The molecule has 6 aromatic carbocycles. The van der Waals surface area contributed by atoms with E-state index < -0.39 is 14.2 Å². The summed E-state index contributed by atoms with van der Waals surface area (Å²) in [5.41, 5.74) is 30.4. The molecule has 6 aromatic heterocycles. The molecular formula is C58H46B2Br2F4N14O4. The molecule has 0 bridgehead atoms. The minimum atomic E-state index is -1.51. The summed E-state index contributed by atoms with van der Waals surface area (Å²) in [6, 6.07) is 41.8. The smallest absolute Gasteiger partial charge is 0.423 e. The van der Waals surface area contributed by atoms with Crippen molar-refractivity contribution in [1.29, 1.82) is 0 Å². The van der Waals surface area contributed by atoms with Crippen LogP contribution in [0.4, 0.5) is 40.8 Å². The third kappa shape index (κ3) is 18.7. The van der Waals surface area contributed by atoms with Gasteiger partial charge < -0.3 is 43.0 Å². The fraction of sp³-hybridized carbons (Fsp3) is 0. The lowest BCUT2D eigenvalue weighted by Gasteiger charge is -2.10. The van der Waals surface area contributed by atoms with E-state index in [0.717, 1.165) is 44.1 Å². The number of fused-ring (bicyclic) bond motifs is 2. The van der Waals surface area contributed by atoms with Gasteiger partial charge in [-0.15, -0.1) is 0 Å². The van der Waals surface area contributed by atoms with E-state index in [2.05, 4.69) is 81.7 Å². The van der Waals surface area contributed by atoms with Gasteiger partial charge >= 0.3 is 14.2 Å². The van der Waals surface area contributed by atoms with E-state index in [9.17, 15) is 17.6 Å². The number of pyridine rings is 2. The van der Waals surface area contributed by atoms with Gasteiger partial charge in [-0.2, -0.15) is 0 Å². The standard InChI is InChI=1S/C19H13FN4.C10H7BrFN3.C10H8FN3.C9H8BNO2.C6H6BFO2.C4H4BrN3/c20-15-6-3-12(4-7-15)19-18(23-11-17(21)24-19)14-5-8-16-13(10-14)2-1-9-22-16;11-10-9(15-8(13)5-14-10)6-1-3-7(12)4-2-6;11-8-3-1-7(2-4-8)9-5-13-6-10(12)14-9;12-10(13)8-3-4-9-7(6-8)2-1-5-11-9;8-6-3-1-5(2-4-6)7(9)10;5-3-1-7-2-4(6)8-3/h1-11H,(H2,21,24);1-5H,(H2,13,15);1-6H,(H2,12,14);1-6,12-13H;1-4,9-10H;1-2H,(H2,6,8). The summed E-state index contributed by atoms with van der Waals surface area (Å²) in [6.45, 7) is 0. The molecule has 0 spiro atoms. The number of hydrogen-bond acceptors (Lipinski definition) is 18. The number of hydrogen-bond donors (Lipinski definition) is 8. The zero-order chi connectivity index (χ0) is 60.1. The molecule has 0 atom stereocenters. The molecule has 18 nitrogen and oxygen atoms in total. The quantitative estimate of drug-likeness (QED) is 0.0569. The van der Waals surface area contributed by atoms with Crippen LogP contribution in [0, 0.1) is 23.3 Å². The van der Waals surface area contributed by atoms with E-state index in [0.29, 0.717) is 66.2 Å². The molecule has 12 N–H and O–H groups in total. The van der Waals surface area contributed by atoms with Gasteiger partial charge in [-0.3, -0.25) is 24.9 Å². The number of anilines is 4. The summed E-state index contributed by atoms with van der Waals surface area (Å²) < 4.78 is 52.0. The maximum absolute atomic E-state index is 13.2. The maximum Gasteiger partial charge on any atom is 0.488 e. The third-order valence-electron chi connectivity index (χ3n) is 11.2. The van der Waals surface area contributed by atoms with Crippen LogP contribution in [0.3, 0.4) is 0 Å². The average molecular weight is 1260 g/mol. The van der Waals surface area contributed by atoms with Crippen LogP contribution in [-0.2, 0) is 0 Å². The van der Waals surface area contributed by atoms with Gasteiger partial charge in [-0.1, -0.05) is 42.5 Å². The Labute approximate surface area is 494 Å². The summed E-state index contributed by atoms with van der Waals surface area (Å²) in [6.07, 6.45) is 12.6. The first-order valence-electron chi connectivity index (χ1n) is 24.6. The van der Waals surface area contributed by atoms with E-state index in [-0.39, 0.29) is 23.3 Å². The number of nitrogen functional groups attached to an aromatic ring is 4. The predicted molar refractivity (Wildman–Crippen MR) is 326 cm³/mol. The van der Waals surface area contributed by atoms with E-state index >= 15 is 0 Å². The van der Waals surface area contributed by atoms with Crippen molar-refractivity contribution in [1.82, 2.24) is 49.8 Å². The zero-order valence-electron chi connectivity index (χ0n) is 43.6. The molecule has 0 amide bonds. The van der Waals surface area contributed by atoms with Gasteiger partial charge in [0.25, 0.3) is 0 Å². The second-order valence-corrected chi connectivity index (χ2v) is 18.8. The van der Waals surface area contributed by atoms with E-state index in [1.165, 1.54) is 85.5 Å². The summed E-state index contributed by atoms with van der Waals surface area (Å²) >= 11 is 6.37. The van der Waals surface area contributed by atoms with Crippen LogP contribution in [0.25, 0.3) is 66.8 Å². The topological polar surface area (TPSA) is 314 Å². The van der Waals surface area contributed by atoms with Crippen molar-refractivity contribution < 1.29 is 37.7 Å². The van der Waals surface area contributed by atoms with Gasteiger partial charge in [-0.25, -0.2) is 42.5 Å². The lowest BCUT2D eigenvalue weighted by atomic mass is 9.80. The fourth-order valence-corrected chi connectivity index (χ4v) is 7.95. The molecule has 12 aromatic rings. The summed E-state index contributed by atoms with van der Waals surface area (Å²) in [5, 5.41) is 36.9. The van der Waals surface area contributed by atoms with Crippen molar-refractivity contribution in [3.63, 3.8) is 0 Å². The highest BCUT2D eigenvalue weighted by Gasteiger charge is 2.14. The molecular weight excluding hydrogens is 1210 g/mol. The SMILES string of the molecule is Nc1cnc(-c2ccc3ncccc3c2)c(-c2ccc(F)cc2)n1.Nc1cnc(Br)c(-c2ccc(F)cc2)n1.Nc1cncc(-c2ccc(F)cc2)n1.Nc1cncc(Br)n1.OB(O)c1ccc(F)cc1.OB(O)c1ccc2ncccc2c1. The van der Waals surface area contributed by atoms with Gasteiger partial charge in [0.2, 0.25) is 0 Å². The van der Waals surface area contributed by atoms with Crippen LogP contribution < -0.4 is 33.9 Å². The molecule has 420 valence electrons. The van der Waals surface area contributed by atoms with Crippen LogP contribution in [0.5, 0.6) is 0 Å². The van der Waals surface area contributed by atoms with Gasteiger partial charge in [-0.05, 0) is 163 Å². The second kappa shape index (κ2) is 30.4. The van der Waals surface area contributed by atoms with E-state index in [4.69, 9.17) is 43.0 Å². The van der Waals surface area contributed by atoms with Crippen molar-refractivity contribution in [3.05, 3.63) is 240 Å². The highest BCUT2D eigenvalue weighted by atomic mass is 79.9. The fourth-order valence-electron chi connectivity index (χ4n) is 7.21. The van der Waals surface area contributed by atoms with E-state index in [1.54, 1.807) is 79.4 Å². The van der Waals surface area contributed by atoms with Gasteiger partial charge in [0.15, 0.2) is 0 Å². The van der Waals surface area contributed by atoms with Gasteiger partial charge in [0.1, 0.15) is 61.4 Å². The molecule has 12 rings (SSSR count). The van der Waals surface area contributed by atoms with Gasteiger partial charge in [0, 0.05) is 40.0 Å². The Balaban J connectivity index is 0.000000150. The molecule has 84 heavy (non-hydrogen) atoms. The minimum Gasteiger partial charge on any atom is -0.423 e. The molecule has 0 fully saturated rings. The lowest BCUT2D eigenvalue weighted by Crippen LogP contribution is -2.29. The molecule has 0 aliphatic heterocycles. The zero-order valence-corrected chi connectivity index (χ0v) is 46.8. The van der Waals surface area contributed by atoms with E-state index in [1.807, 2.05) is 42.5 Å². The Morgan fingerprint density at radius 1 is 0.369 bits per heavy atom. The highest BCUT2D eigenvalue weighted by molar-refractivity contribution is 9.10. The van der Waals surface area contributed by atoms with Gasteiger partial charge in [0.05, 0.1) is 65.3 Å². The number of benzene rings is 6. The molecule has 0 saturated heterocycles. The Bertz CT molecular complexity index is 4070. The molecule has 0 unspecified atom stereocenters. The molecule has 0 aliphatic carbocycles. The van der Waals surface area contributed by atoms with Crippen LogP contribution in [0.2, 0.25) is 0 Å². The largest absolute Gasteiger partial charge is 0.488 e. The van der Waals surface area contributed by atoms with Crippen LogP contribution in [-0.4, -0.2) is 84.2 Å². The van der Waals surface area contributed by atoms with Crippen molar-refractivity contribution in [3.8, 4) is 45.0 Å². The van der Waals surface area contributed by atoms with Crippen LogP contribution in [0.1, 0.15) is 0 Å². The number of nitrogens with two attached hydrogens (primary N) is 4. The second-order valence-electron chi connectivity index (χ2n) is 17.2. The maximum atomic E-state index is 13.2. The third-order valence-corrected chi connectivity index (χ3v) is 12.1. The predicted octanol–water partition coefficient (Wildman–Crippen LogP) is 8.81. The van der Waals surface area contributed by atoms with Crippen LogP contribution >= 0.6 is 31.9 Å². The number of nitrogens with zero attached hydrogens (tertiary/aromatic N) is 10. The summed E-state index contributed by atoms with van der Waals surface area (Å²) in [7, 11) is -2.93. The Hall–Kier alpha value is -9.69. The van der Waals surface area contributed by atoms with Crippen molar-refractivity contribution in [2.24, 2.45) is 0 Å². The Morgan fingerprint density at radius 2 is 0.798 bits per heavy atom. The first kappa shape index (κ1) is 61.9. The Morgan fingerprint density at radius 3 is 1.31 bits per heavy atom. The number of halogens is 6. The van der Waals surface area contributed by atoms with Crippen LogP contribution in [0.15, 0.2) is 217 Å². The first-order valence-corrected chi connectivity index (χ1v) is 26.1. The summed E-state index contributed by atoms with van der Waals surface area (Å²) in [4.78, 5) is 41.0. The molecule has 6 heterocycles. The Kier molecular flexibility index (Phi) is 22.4. The average Bonchev–Trinajstić information content (AvgIpc) is 2.48.